The number of nitrogens with zero attached hydrogens (tertiary/aromatic N) is 3. The number of carbonyl (C=O) groups is 1. The van der Waals surface area contributed by atoms with Gasteiger partial charge < -0.3 is 14.5 Å². The molecule has 2 aromatic carbocycles. The van der Waals surface area contributed by atoms with Crippen molar-refractivity contribution in [2.75, 3.05) is 37.7 Å². The summed E-state index contributed by atoms with van der Waals surface area (Å²) in [5.74, 6) is 0.248. The average molecular weight is 339 g/mol. The van der Waals surface area contributed by atoms with Gasteiger partial charge in [0, 0.05) is 31.9 Å². The lowest BCUT2D eigenvalue weighted by molar-refractivity contribution is -0.133. The molecule has 1 aliphatic rings. The minimum atomic E-state index is -0.252. The van der Waals surface area contributed by atoms with E-state index < -0.39 is 0 Å². The Kier molecular flexibility index (Phi) is 5.14. The molecule has 0 unspecified atom stereocenters. The third-order valence-corrected chi connectivity index (χ3v) is 4.17. The zero-order valence-corrected chi connectivity index (χ0v) is 13.7. The van der Waals surface area contributed by atoms with Crippen molar-refractivity contribution in [2.24, 2.45) is 0 Å². The SMILES string of the molecule is N#Cc1ccc(OCC(=O)N2CCN(c3ccc(F)cc3)CC2)cc1. The number of halogens is 1. The number of hydrogen-bond donors (Lipinski definition) is 0. The molecule has 0 atom stereocenters. The highest BCUT2D eigenvalue weighted by molar-refractivity contribution is 5.78. The molecule has 2 aromatic rings. The zero-order chi connectivity index (χ0) is 17.6. The maximum Gasteiger partial charge on any atom is 0.260 e. The Morgan fingerprint density at radius 2 is 1.68 bits per heavy atom. The summed E-state index contributed by atoms with van der Waals surface area (Å²) in [6, 6.07) is 15.1. The molecule has 0 bridgehead atoms. The van der Waals surface area contributed by atoms with E-state index in [0.29, 0.717) is 37.5 Å². The molecule has 3 rings (SSSR count). The lowest BCUT2D eigenvalue weighted by Crippen LogP contribution is -2.50. The third kappa shape index (κ3) is 4.27. The van der Waals surface area contributed by atoms with Crippen LogP contribution in [-0.4, -0.2) is 43.6 Å². The molecule has 6 heteroatoms. The van der Waals surface area contributed by atoms with Gasteiger partial charge >= 0.3 is 0 Å². The Hall–Kier alpha value is -3.07. The van der Waals surface area contributed by atoms with Crippen LogP contribution >= 0.6 is 0 Å². The zero-order valence-electron chi connectivity index (χ0n) is 13.7. The largest absolute Gasteiger partial charge is 0.484 e. The monoisotopic (exact) mass is 339 g/mol. The van der Waals surface area contributed by atoms with E-state index in [1.807, 2.05) is 6.07 Å². The molecule has 0 spiro atoms. The van der Waals surface area contributed by atoms with Crippen molar-refractivity contribution in [1.29, 1.82) is 5.26 Å². The Bertz CT molecular complexity index is 761. The van der Waals surface area contributed by atoms with E-state index in [9.17, 15) is 9.18 Å². The van der Waals surface area contributed by atoms with Crippen molar-refractivity contribution >= 4 is 11.6 Å². The normalized spacial score (nSPS) is 14.1. The number of carbonyl (C=O) groups excluding carboxylic acids is 1. The summed E-state index contributed by atoms with van der Waals surface area (Å²) in [7, 11) is 0. The maximum atomic E-state index is 13.0. The fraction of sp³-hybridized carbons (Fsp3) is 0.263. The minimum Gasteiger partial charge on any atom is -0.484 e. The lowest BCUT2D eigenvalue weighted by Gasteiger charge is -2.36. The number of nitriles is 1. The van der Waals surface area contributed by atoms with Crippen molar-refractivity contribution in [3.05, 3.63) is 59.9 Å². The van der Waals surface area contributed by atoms with E-state index in [4.69, 9.17) is 10.00 Å². The number of amides is 1. The lowest BCUT2D eigenvalue weighted by atomic mass is 10.2. The van der Waals surface area contributed by atoms with Gasteiger partial charge in [0.05, 0.1) is 11.6 Å². The molecule has 128 valence electrons. The van der Waals surface area contributed by atoms with Crippen LogP contribution in [0.4, 0.5) is 10.1 Å². The Labute approximate surface area is 145 Å². The van der Waals surface area contributed by atoms with Crippen LogP contribution in [0.1, 0.15) is 5.56 Å². The van der Waals surface area contributed by atoms with Gasteiger partial charge in [-0.25, -0.2) is 4.39 Å². The Balaban J connectivity index is 1.48. The molecule has 0 saturated carbocycles. The summed E-state index contributed by atoms with van der Waals surface area (Å²) in [5, 5.41) is 8.76. The van der Waals surface area contributed by atoms with Crippen LogP contribution in [0.15, 0.2) is 48.5 Å². The molecule has 0 radical (unpaired) electrons. The molecule has 25 heavy (non-hydrogen) atoms. The number of piperazine rings is 1. The summed E-state index contributed by atoms with van der Waals surface area (Å²) < 4.78 is 18.5. The van der Waals surface area contributed by atoms with Crippen molar-refractivity contribution in [3.63, 3.8) is 0 Å². The van der Waals surface area contributed by atoms with Gasteiger partial charge in [0.2, 0.25) is 0 Å². The molecule has 1 saturated heterocycles. The molecular weight excluding hydrogens is 321 g/mol. The fourth-order valence-electron chi connectivity index (χ4n) is 2.73. The smallest absolute Gasteiger partial charge is 0.260 e. The van der Waals surface area contributed by atoms with Gasteiger partial charge in [-0.1, -0.05) is 0 Å². The second-order valence-electron chi connectivity index (χ2n) is 5.77. The number of rotatable bonds is 4. The molecule has 0 N–H and O–H groups in total. The highest BCUT2D eigenvalue weighted by Gasteiger charge is 2.21. The average Bonchev–Trinajstić information content (AvgIpc) is 2.67. The van der Waals surface area contributed by atoms with Crippen molar-refractivity contribution in [1.82, 2.24) is 4.90 Å². The Morgan fingerprint density at radius 3 is 2.28 bits per heavy atom. The summed E-state index contributed by atoms with van der Waals surface area (Å²) in [4.78, 5) is 16.2. The molecule has 1 aliphatic heterocycles. The van der Waals surface area contributed by atoms with Gasteiger partial charge in [-0.05, 0) is 48.5 Å². The second kappa shape index (κ2) is 7.67. The van der Waals surface area contributed by atoms with Crippen LogP contribution in [0.5, 0.6) is 5.75 Å². The molecule has 1 fully saturated rings. The topological polar surface area (TPSA) is 56.6 Å². The van der Waals surface area contributed by atoms with Gasteiger partial charge in [-0.2, -0.15) is 5.26 Å². The van der Waals surface area contributed by atoms with Gasteiger partial charge in [0.25, 0.3) is 5.91 Å². The number of hydrogen-bond acceptors (Lipinski definition) is 4. The van der Waals surface area contributed by atoms with E-state index in [1.54, 1.807) is 41.3 Å². The van der Waals surface area contributed by atoms with Crippen molar-refractivity contribution < 1.29 is 13.9 Å². The van der Waals surface area contributed by atoms with Crippen LogP contribution in [-0.2, 0) is 4.79 Å². The van der Waals surface area contributed by atoms with Gasteiger partial charge in [-0.15, -0.1) is 0 Å². The van der Waals surface area contributed by atoms with E-state index in [-0.39, 0.29) is 18.3 Å². The summed E-state index contributed by atoms with van der Waals surface area (Å²) in [6.07, 6.45) is 0. The number of ether oxygens (including phenoxy) is 1. The van der Waals surface area contributed by atoms with Crippen LogP contribution in [0.25, 0.3) is 0 Å². The molecule has 0 aromatic heterocycles. The van der Waals surface area contributed by atoms with E-state index in [1.165, 1.54) is 12.1 Å². The first-order valence-electron chi connectivity index (χ1n) is 8.07. The molecular formula is C19H18FN3O2. The first kappa shape index (κ1) is 16.8. The molecule has 1 amide bonds. The number of anilines is 1. The summed E-state index contributed by atoms with van der Waals surface area (Å²) >= 11 is 0. The summed E-state index contributed by atoms with van der Waals surface area (Å²) in [5.41, 5.74) is 1.51. The van der Waals surface area contributed by atoms with Crippen molar-refractivity contribution in [2.45, 2.75) is 0 Å². The molecule has 5 nitrogen and oxygen atoms in total. The third-order valence-electron chi connectivity index (χ3n) is 4.17. The first-order chi connectivity index (χ1) is 12.2. The van der Waals surface area contributed by atoms with E-state index in [2.05, 4.69) is 4.90 Å². The Morgan fingerprint density at radius 1 is 1.04 bits per heavy atom. The predicted molar refractivity (Wildman–Crippen MR) is 91.8 cm³/mol. The predicted octanol–water partition coefficient (Wildman–Crippen LogP) is 2.42. The van der Waals surface area contributed by atoms with Crippen LogP contribution < -0.4 is 9.64 Å². The standard InChI is InChI=1S/C19H18FN3O2/c20-16-3-5-17(6-4-16)22-9-11-23(12-10-22)19(24)14-25-18-7-1-15(13-21)2-8-18/h1-8H,9-12,14H2. The number of benzene rings is 2. The van der Waals surface area contributed by atoms with Gasteiger partial charge in [-0.3, -0.25) is 4.79 Å². The second-order valence-corrected chi connectivity index (χ2v) is 5.77. The van der Waals surface area contributed by atoms with E-state index >= 15 is 0 Å². The highest BCUT2D eigenvalue weighted by atomic mass is 19.1. The van der Waals surface area contributed by atoms with Gasteiger partial charge in [0.15, 0.2) is 6.61 Å². The van der Waals surface area contributed by atoms with Crippen molar-refractivity contribution in [3.8, 4) is 11.8 Å². The minimum absolute atomic E-state index is 0.0253. The van der Waals surface area contributed by atoms with Crippen LogP contribution in [0.3, 0.4) is 0 Å². The van der Waals surface area contributed by atoms with E-state index in [0.717, 1.165) is 5.69 Å². The van der Waals surface area contributed by atoms with Crippen LogP contribution in [0, 0.1) is 17.1 Å². The highest BCUT2D eigenvalue weighted by Crippen LogP contribution is 2.17. The molecule has 1 heterocycles. The van der Waals surface area contributed by atoms with Gasteiger partial charge in [0.1, 0.15) is 11.6 Å². The quantitative estimate of drug-likeness (QED) is 0.858. The first-order valence-corrected chi connectivity index (χ1v) is 8.07. The molecule has 0 aliphatic carbocycles. The fourth-order valence-corrected chi connectivity index (χ4v) is 2.73. The maximum absolute atomic E-state index is 13.0. The van der Waals surface area contributed by atoms with Crippen LogP contribution in [0.2, 0.25) is 0 Å². The summed E-state index contributed by atoms with van der Waals surface area (Å²) in [6.45, 7) is 2.59.